The largest absolute Gasteiger partial charge is 0.347 e. The number of aromatic nitrogens is 2. The fourth-order valence-corrected chi connectivity index (χ4v) is 3.72. The molecule has 5 heteroatoms. The van der Waals surface area contributed by atoms with E-state index in [1.807, 2.05) is 44.2 Å². The molecule has 142 valence electrons. The van der Waals surface area contributed by atoms with Gasteiger partial charge in [-0.3, -0.25) is 4.79 Å². The summed E-state index contributed by atoms with van der Waals surface area (Å²) >= 11 is 0. The number of nitrogens with zero attached hydrogens (tertiary/aromatic N) is 3. The molecule has 3 aromatic rings. The highest BCUT2D eigenvalue weighted by atomic mass is 16.1. The van der Waals surface area contributed by atoms with Gasteiger partial charge in [0.1, 0.15) is 5.69 Å². The molecular formula is C23H24N4O. The van der Waals surface area contributed by atoms with Crippen LogP contribution in [0, 0.1) is 13.8 Å². The summed E-state index contributed by atoms with van der Waals surface area (Å²) < 4.78 is 0. The lowest BCUT2D eigenvalue weighted by atomic mass is 10.1. The van der Waals surface area contributed by atoms with Crippen LogP contribution in [0.1, 0.15) is 39.8 Å². The van der Waals surface area contributed by atoms with Crippen LogP contribution < -0.4 is 10.2 Å². The topological polar surface area (TPSA) is 58.1 Å². The predicted octanol–water partition coefficient (Wildman–Crippen LogP) is 4.11. The molecule has 0 aliphatic carbocycles. The van der Waals surface area contributed by atoms with Crippen molar-refractivity contribution in [3.8, 4) is 0 Å². The minimum absolute atomic E-state index is 0.185. The monoisotopic (exact) mass is 372 g/mol. The Hall–Kier alpha value is -3.21. The normalized spacial score (nSPS) is 15.4. The van der Waals surface area contributed by atoms with E-state index in [1.165, 1.54) is 5.56 Å². The molecule has 1 aliphatic rings. The van der Waals surface area contributed by atoms with Gasteiger partial charge in [-0.1, -0.05) is 42.5 Å². The van der Waals surface area contributed by atoms with E-state index in [2.05, 4.69) is 45.3 Å². The van der Waals surface area contributed by atoms with E-state index in [1.54, 1.807) is 6.07 Å². The Balaban J connectivity index is 1.59. The van der Waals surface area contributed by atoms with Crippen LogP contribution in [0.4, 0.5) is 11.6 Å². The van der Waals surface area contributed by atoms with Crippen molar-refractivity contribution in [2.75, 3.05) is 4.90 Å². The second kappa shape index (κ2) is 7.43. The standard InChI is InChI=1S/C23H24N4O/c1-15-8-4-5-10-19(15)14-24-22(28)20-12-16(2)25-23(26-20)27-17(3)13-18-9-6-7-11-21(18)27/h4-12,17H,13-14H2,1-3H3,(H,24,28). The SMILES string of the molecule is Cc1cc(C(=O)NCc2ccccc2C)nc(N2c3ccccc3CC2C)n1. The van der Waals surface area contributed by atoms with Crippen LogP contribution in [0.5, 0.6) is 0 Å². The minimum atomic E-state index is -0.185. The molecule has 1 amide bonds. The highest BCUT2D eigenvalue weighted by Gasteiger charge is 2.29. The van der Waals surface area contributed by atoms with Crippen LogP contribution in [-0.4, -0.2) is 21.9 Å². The Morgan fingerprint density at radius 3 is 2.68 bits per heavy atom. The summed E-state index contributed by atoms with van der Waals surface area (Å²) in [7, 11) is 0. The van der Waals surface area contributed by atoms with Gasteiger partial charge in [0.2, 0.25) is 5.95 Å². The van der Waals surface area contributed by atoms with E-state index in [0.29, 0.717) is 18.2 Å². The van der Waals surface area contributed by atoms with Gasteiger partial charge in [0.25, 0.3) is 5.91 Å². The number of aryl methyl sites for hydroxylation is 2. The highest BCUT2D eigenvalue weighted by Crippen LogP contribution is 2.36. The van der Waals surface area contributed by atoms with Crippen molar-refractivity contribution in [1.82, 2.24) is 15.3 Å². The number of amides is 1. The van der Waals surface area contributed by atoms with Crippen molar-refractivity contribution < 1.29 is 4.79 Å². The zero-order valence-electron chi connectivity index (χ0n) is 16.4. The molecular weight excluding hydrogens is 348 g/mol. The van der Waals surface area contributed by atoms with Crippen molar-refractivity contribution in [1.29, 1.82) is 0 Å². The van der Waals surface area contributed by atoms with E-state index in [4.69, 9.17) is 0 Å². The minimum Gasteiger partial charge on any atom is -0.347 e. The van der Waals surface area contributed by atoms with Crippen LogP contribution in [0.3, 0.4) is 0 Å². The predicted molar refractivity (Wildman–Crippen MR) is 111 cm³/mol. The zero-order valence-corrected chi connectivity index (χ0v) is 16.4. The number of nitrogens with one attached hydrogen (secondary N) is 1. The molecule has 4 rings (SSSR count). The fourth-order valence-electron chi connectivity index (χ4n) is 3.72. The van der Waals surface area contributed by atoms with Gasteiger partial charge >= 0.3 is 0 Å². The number of carbonyl (C=O) groups is 1. The molecule has 2 heterocycles. The van der Waals surface area contributed by atoms with Gasteiger partial charge in [-0.25, -0.2) is 9.97 Å². The summed E-state index contributed by atoms with van der Waals surface area (Å²) in [5.41, 5.74) is 5.83. The number of fused-ring (bicyclic) bond motifs is 1. The van der Waals surface area contributed by atoms with E-state index >= 15 is 0 Å². The summed E-state index contributed by atoms with van der Waals surface area (Å²) in [6.07, 6.45) is 0.947. The Morgan fingerprint density at radius 1 is 1.11 bits per heavy atom. The van der Waals surface area contributed by atoms with Crippen LogP contribution in [0.2, 0.25) is 0 Å². The average molecular weight is 372 g/mol. The summed E-state index contributed by atoms with van der Waals surface area (Å²) in [6, 6.07) is 18.3. The molecule has 5 nitrogen and oxygen atoms in total. The van der Waals surface area contributed by atoms with Crippen molar-refractivity contribution in [2.24, 2.45) is 0 Å². The third-order valence-electron chi connectivity index (χ3n) is 5.20. The Kier molecular flexibility index (Phi) is 4.82. The number of benzene rings is 2. The van der Waals surface area contributed by atoms with Gasteiger partial charge in [0.05, 0.1) is 0 Å². The van der Waals surface area contributed by atoms with E-state index < -0.39 is 0 Å². The quantitative estimate of drug-likeness (QED) is 0.749. The third kappa shape index (κ3) is 3.48. The first-order chi connectivity index (χ1) is 13.5. The van der Waals surface area contributed by atoms with Gasteiger partial charge in [0.15, 0.2) is 0 Å². The molecule has 1 aromatic heterocycles. The van der Waals surface area contributed by atoms with Gasteiger partial charge < -0.3 is 10.2 Å². The first-order valence-corrected chi connectivity index (χ1v) is 9.58. The number of carbonyl (C=O) groups excluding carboxylic acids is 1. The molecule has 2 aromatic carbocycles. The highest BCUT2D eigenvalue weighted by molar-refractivity contribution is 5.92. The van der Waals surface area contributed by atoms with Gasteiger partial charge in [-0.15, -0.1) is 0 Å². The number of hydrogen-bond donors (Lipinski definition) is 1. The lowest BCUT2D eigenvalue weighted by molar-refractivity contribution is 0.0945. The van der Waals surface area contributed by atoms with E-state index in [-0.39, 0.29) is 11.9 Å². The maximum Gasteiger partial charge on any atom is 0.270 e. The van der Waals surface area contributed by atoms with Crippen molar-refractivity contribution in [3.05, 3.63) is 82.7 Å². The van der Waals surface area contributed by atoms with Crippen LogP contribution >= 0.6 is 0 Å². The van der Waals surface area contributed by atoms with E-state index in [0.717, 1.165) is 28.9 Å². The van der Waals surface area contributed by atoms with Crippen molar-refractivity contribution in [3.63, 3.8) is 0 Å². The summed E-state index contributed by atoms with van der Waals surface area (Å²) in [6.45, 7) is 6.58. The molecule has 1 aliphatic heterocycles. The van der Waals surface area contributed by atoms with Gasteiger partial charge in [-0.05, 0) is 56.0 Å². The lowest BCUT2D eigenvalue weighted by Gasteiger charge is -2.23. The molecule has 0 saturated carbocycles. The molecule has 0 fully saturated rings. The van der Waals surface area contributed by atoms with Gasteiger partial charge in [0, 0.05) is 24.0 Å². The van der Waals surface area contributed by atoms with Crippen molar-refractivity contribution >= 4 is 17.5 Å². The smallest absolute Gasteiger partial charge is 0.270 e. The Morgan fingerprint density at radius 2 is 1.86 bits per heavy atom. The number of rotatable bonds is 4. The fraction of sp³-hybridized carbons (Fsp3) is 0.261. The summed E-state index contributed by atoms with van der Waals surface area (Å²) in [5, 5.41) is 2.98. The lowest BCUT2D eigenvalue weighted by Crippen LogP contribution is -2.29. The molecule has 1 atom stereocenters. The van der Waals surface area contributed by atoms with Gasteiger partial charge in [-0.2, -0.15) is 0 Å². The molecule has 0 spiro atoms. The second-order valence-electron chi connectivity index (χ2n) is 7.36. The first-order valence-electron chi connectivity index (χ1n) is 9.58. The maximum absolute atomic E-state index is 12.8. The molecule has 28 heavy (non-hydrogen) atoms. The maximum atomic E-state index is 12.8. The Bertz CT molecular complexity index is 1030. The van der Waals surface area contributed by atoms with Crippen molar-refractivity contribution in [2.45, 2.75) is 39.8 Å². The third-order valence-corrected chi connectivity index (χ3v) is 5.20. The number of para-hydroxylation sites is 1. The van der Waals surface area contributed by atoms with E-state index in [9.17, 15) is 4.79 Å². The molecule has 0 radical (unpaired) electrons. The second-order valence-corrected chi connectivity index (χ2v) is 7.36. The zero-order chi connectivity index (χ0) is 19.7. The molecule has 0 saturated heterocycles. The average Bonchev–Trinajstić information content (AvgIpc) is 3.02. The Labute approximate surface area is 165 Å². The summed E-state index contributed by atoms with van der Waals surface area (Å²) in [5.74, 6) is 0.397. The number of anilines is 2. The van der Waals surface area contributed by atoms with Crippen LogP contribution in [0.25, 0.3) is 0 Å². The summed E-state index contributed by atoms with van der Waals surface area (Å²) in [4.78, 5) is 24.1. The first kappa shape index (κ1) is 18.2. The van der Waals surface area contributed by atoms with Crippen LogP contribution in [0.15, 0.2) is 54.6 Å². The molecule has 1 unspecified atom stereocenters. The molecule has 0 bridgehead atoms. The van der Waals surface area contributed by atoms with Crippen LogP contribution in [-0.2, 0) is 13.0 Å². The molecule has 1 N–H and O–H groups in total. The number of hydrogen-bond acceptors (Lipinski definition) is 4.